The summed E-state index contributed by atoms with van der Waals surface area (Å²) in [5.41, 5.74) is -1.44. The maximum absolute atomic E-state index is 13.2. The molecule has 232 valence electrons. The first-order valence-corrected chi connectivity index (χ1v) is 14.1. The van der Waals surface area contributed by atoms with Crippen molar-refractivity contribution in [2.24, 2.45) is 5.92 Å². The van der Waals surface area contributed by atoms with Gasteiger partial charge in [-0.15, -0.1) is 0 Å². The largest absolute Gasteiger partial charge is 0.460 e. The van der Waals surface area contributed by atoms with Gasteiger partial charge in [0.2, 0.25) is 0 Å². The number of carbonyl (C=O) groups is 4. The summed E-state index contributed by atoms with van der Waals surface area (Å²) >= 11 is 0. The van der Waals surface area contributed by atoms with Crippen molar-refractivity contribution in [3.05, 3.63) is 35.9 Å². The zero-order chi connectivity index (χ0) is 31.4. The van der Waals surface area contributed by atoms with Gasteiger partial charge in [0.05, 0.1) is 13.1 Å². The molecule has 1 aromatic carbocycles. The molecule has 10 nitrogen and oxygen atoms in total. The molecule has 1 rings (SSSR count). The minimum absolute atomic E-state index is 0.0572. The SMILES string of the molecule is CCN(CCN(CC(=O)OCc1ccccc1)CC(C(=O)OC(C)(C)C)C(=O)OC(C)(C)C)CC(=O)OC(C)(C)C. The molecule has 0 aliphatic rings. The highest BCUT2D eigenvalue weighted by molar-refractivity contribution is 5.95. The van der Waals surface area contributed by atoms with E-state index in [1.807, 2.05) is 42.2 Å². The van der Waals surface area contributed by atoms with Gasteiger partial charge in [0.15, 0.2) is 5.92 Å². The first-order valence-electron chi connectivity index (χ1n) is 14.1. The quantitative estimate of drug-likeness (QED) is 0.182. The monoisotopic (exact) mass is 578 g/mol. The summed E-state index contributed by atoms with van der Waals surface area (Å²) in [6.45, 7) is 18.6. The Bertz CT molecular complexity index is 962. The highest BCUT2D eigenvalue weighted by Gasteiger charge is 2.37. The van der Waals surface area contributed by atoms with E-state index in [1.165, 1.54) is 0 Å². The second kappa shape index (κ2) is 15.9. The summed E-state index contributed by atoms with van der Waals surface area (Å²) in [7, 11) is 0. The van der Waals surface area contributed by atoms with Crippen LogP contribution in [-0.2, 0) is 44.7 Å². The van der Waals surface area contributed by atoms with Gasteiger partial charge in [0.1, 0.15) is 23.4 Å². The van der Waals surface area contributed by atoms with Gasteiger partial charge in [-0.2, -0.15) is 0 Å². The van der Waals surface area contributed by atoms with E-state index in [-0.39, 0.29) is 38.8 Å². The van der Waals surface area contributed by atoms with Crippen LogP contribution in [0, 0.1) is 5.92 Å². The summed E-state index contributed by atoms with van der Waals surface area (Å²) in [4.78, 5) is 55.1. The highest BCUT2D eigenvalue weighted by atomic mass is 16.6. The Kier molecular flexibility index (Phi) is 13.9. The summed E-state index contributed by atoms with van der Waals surface area (Å²) in [6.07, 6.45) is 0. The number of nitrogens with zero attached hydrogens (tertiary/aromatic N) is 2. The Labute approximate surface area is 245 Å². The average molecular weight is 579 g/mol. The van der Waals surface area contributed by atoms with Crippen LogP contribution < -0.4 is 0 Å². The molecule has 0 fully saturated rings. The van der Waals surface area contributed by atoms with Gasteiger partial charge >= 0.3 is 23.9 Å². The third kappa shape index (κ3) is 16.8. The Balaban J connectivity index is 3.13. The van der Waals surface area contributed by atoms with Crippen LogP contribution in [0.25, 0.3) is 0 Å². The van der Waals surface area contributed by atoms with Crippen LogP contribution in [0.15, 0.2) is 30.3 Å². The maximum Gasteiger partial charge on any atom is 0.322 e. The predicted molar refractivity (Wildman–Crippen MR) is 156 cm³/mol. The smallest absolute Gasteiger partial charge is 0.322 e. The van der Waals surface area contributed by atoms with Crippen LogP contribution >= 0.6 is 0 Å². The minimum atomic E-state index is -1.30. The van der Waals surface area contributed by atoms with Gasteiger partial charge in [-0.25, -0.2) is 0 Å². The number of esters is 4. The third-order valence-corrected chi connectivity index (χ3v) is 5.37. The van der Waals surface area contributed by atoms with Crippen molar-refractivity contribution in [2.75, 3.05) is 39.3 Å². The fourth-order valence-electron chi connectivity index (χ4n) is 3.64. The van der Waals surface area contributed by atoms with Crippen molar-refractivity contribution >= 4 is 23.9 Å². The van der Waals surface area contributed by atoms with Crippen molar-refractivity contribution in [1.82, 2.24) is 9.80 Å². The second-order valence-corrected chi connectivity index (χ2v) is 13.0. The predicted octanol–water partition coefficient (Wildman–Crippen LogP) is 4.00. The first kappa shape index (κ1) is 36.0. The number of ether oxygens (including phenoxy) is 4. The van der Waals surface area contributed by atoms with E-state index in [0.29, 0.717) is 13.1 Å². The van der Waals surface area contributed by atoms with Crippen LogP contribution in [-0.4, -0.2) is 89.7 Å². The molecule has 0 radical (unpaired) electrons. The molecule has 0 unspecified atom stereocenters. The lowest BCUT2D eigenvalue weighted by atomic mass is 10.1. The van der Waals surface area contributed by atoms with E-state index in [4.69, 9.17) is 18.9 Å². The summed E-state index contributed by atoms with van der Waals surface area (Å²) < 4.78 is 22.0. The number of hydrogen-bond acceptors (Lipinski definition) is 10. The Morgan fingerprint density at radius 3 is 1.61 bits per heavy atom. The summed E-state index contributed by atoms with van der Waals surface area (Å²) in [5.74, 6) is -3.66. The van der Waals surface area contributed by atoms with Crippen LogP contribution in [0.3, 0.4) is 0 Å². The lowest BCUT2D eigenvalue weighted by molar-refractivity contribution is -0.176. The third-order valence-electron chi connectivity index (χ3n) is 5.37. The van der Waals surface area contributed by atoms with Crippen molar-refractivity contribution < 1.29 is 38.1 Å². The fraction of sp³-hybridized carbons (Fsp3) is 0.677. The number of carbonyl (C=O) groups excluding carboxylic acids is 4. The highest BCUT2D eigenvalue weighted by Crippen LogP contribution is 2.18. The zero-order valence-electron chi connectivity index (χ0n) is 26.6. The van der Waals surface area contributed by atoms with Crippen LogP contribution in [0.2, 0.25) is 0 Å². The average Bonchev–Trinajstić information content (AvgIpc) is 2.80. The molecule has 0 heterocycles. The summed E-state index contributed by atoms with van der Waals surface area (Å²) in [6, 6.07) is 9.28. The lowest BCUT2D eigenvalue weighted by Crippen LogP contribution is -2.47. The molecule has 0 aliphatic carbocycles. The normalized spacial score (nSPS) is 12.4. The Morgan fingerprint density at radius 2 is 1.15 bits per heavy atom. The molecule has 0 saturated heterocycles. The minimum Gasteiger partial charge on any atom is -0.460 e. The van der Waals surface area contributed by atoms with E-state index in [2.05, 4.69) is 0 Å². The standard InChI is InChI=1S/C31H50N2O8/c1-11-32(21-26(35)39-29(2,3)4)17-18-33(20-25(34)38-22-23-15-13-12-14-16-23)19-24(27(36)40-30(5,6)7)28(37)41-31(8,9)10/h12-16,24H,11,17-22H2,1-10H3. The number of benzene rings is 1. The first-order chi connectivity index (χ1) is 18.8. The van der Waals surface area contributed by atoms with Crippen molar-refractivity contribution in [3.8, 4) is 0 Å². The van der Waals surface area contributed by atoms with E-state index in [1.54, 1.807) is 67.2 Å². The molecule has 41 heavy (non-hydrogen) atoms. The van der Waals surface area contributed by atoms with Crippen LogP contribution in [0.4, 0.5) is 0 Å². The molecule has 0 spiro atoms. The van der Waals surface area contributed by atoms with Crippen molar-refractivity contribution in [3.63, 3.8) is 0 Å². The van der Waals surface area contributed by atoms with Gasteiger partial charge in [-0.05, 0) is 74.4 Å². The molecule has 1 aromatic rings. The van der Waals surface area contributed by atoms with E-state index < -0.39 is 40.6 Å². The summed E-state index contributed by atoms with van der Waals surface area (Å²) in [5, 5.41) is 0. The molecule has 0 N–H and O–H groups in total. The number of rotatable bonds is 14. The van der Waals surface area contributed by atoms with Crippen LogP contribution in [0.1, 0.15) is 74.8 Å². The van der Waals surface area contributed by atoms with E-state index >= 15 is 0 Å². The zero-order valence-corrected chi connectivity index (χ0v) is 26.6. The molecule has 0 aliphatic heterocycles. The Morgan fingerprint density at radius 1 is 0.683 bits per heavy atom. The molecule has 0 aromatic heterocycles. The van der Waals surface area contributed by atoms with Gasteiger partial charge in [-0.1, -0.05) is 37.3 Å². The molecular formula is C31H50N2O8. The maximum atomic E-state index is 13.2. The number of likely N-dealkylation sites (N-methyl/N-ethyl adjacent to an activating group) is 1. The molecule has 0 bridgehead atoms. The molecule has 0 atom stereocenters. The van der Waals surface area contributed by atoms with E-state index in [0.717, 1.165) is 5.56 Å². The molecule has 10 heteroatoms. The van der Waals surface area contributed by atoms with Gasteiger partial charge in [0.25, 0.3) is 0 Å². The van der Waals surface area contributed by atoms with Gasteiger partial charge in [0, 0.05) is 19.6 Å². The van der Waals surface area contributed by atoms with Crippen molar-refractivity contribution in [1.29, 1.82) is 0 Å². The molecular weight excluding hydrogens is 528 g/mol. The Hall–Kier alpha value is -2.98. The molecule has 0 amide bonds. The van der Waals surface area contributed by atoms with Gasteiger partial charge in [-0.3, -0.25) is 29.0 Å². The lowest BCUT2D eigenvalue weighted by Gasteiger charge is -2.31. The van der Waals surface area contributed by atoms with E-state index in [9.17, 15) is 19.2 Å². The fourth-order valence-corrected chi connectivity index (χ4v) is 3.64. The van der Waals surface area contributed by atoms with Gasteiger partial charge < -0.3 is 18.9 Å². The second-order valence-electron chi connectivity index (χ2n) is 13.0. The van der Waals surface area contributed by atoms with Crippen LogP contribution in [0.5, 0.6) is 0 Å². The topological polar surface area (TPSA) is 112 Å². The number of hydrogen-bond donors (Lipinski definition) is 0. The van der Waals surface area contributed by atoms with Crippen molar-refractivity contribution in [2.45, 2.75) is 92.6 Å². The molecule has 0 saturated carbocycles.